The average Bonchev–Trinajstić information content (AvgIpc) is 2.67. The van der Waals surface area contributed by atoms with E-state index in [1.54, 1.807) is 11.3 Å². The summed E-state index contributed by atoms with van der Waals surface area (Å²) < 4.78 is 7.62. The standard InChI is InChI=1S/C16H14O2S.C8H10/c1-2-9-18-11-7-8-13-15(10-11)19-14-6-4-3-5-12(14)16(13)17;1-7-4-3-5-8(2)6-7/h3-8,10H,2,9H2,1H3;3-6H,1-2H3. The number of aryl methyl sites for hydroxylation is 2. The summed E-state index contributed by atoms with van der Waals surface area (Å²) in [7, 11) is 0. The maximum atomic E-state index is 12.4. The van der Waals surface area contributed by atoms with Crippen molar-refractivity contribution < 1.29 is 4.74 Å². The first-order valence-electron chi connectivity index (χ1n) is 9.20. The zero-order chi connectivity index (χ0) is 19.2. The van der Waals surface area contributed by atoms with Gasteiger partial charge in [0.25, 0.3) is 0 Å². The largest absolute Gasteiger partial charge is 0.494 e. The molecule has 138 valence electrons. The van der Waals surface area contributed by atoms with E-state index in [4.69, 9.17) is 4.74 Å². The lowest BCUT2D eigenvalue weighted by Gasteiger charge is -2.06. The van der Waals surface area contributed by atoms with Crippen LogP contribution < -0.4 is 10.2 Å². The van der Waals surface area contributed by atoms with Gasteiger partial charge in [-0.15, -0.1) is 11.3 Å². The molecule has 0 unspecified atom stereocenters. The van der Waals surface area contributed by atoms with Crippen LogP contribution in [0, 0.1) is 13.8 Å². The van der Waals surface area contributed by atoms with E-state index in [2.05, 4.69) is 45.0 Å². The first kappa shape index (κ1) is 19.1. The van der Waals surface area contributed by atoms with Gasteiger partial charge in [-0.2, -0.15) is 0 Å². The smallest absolute Gasteiger partial charge is 0.195 e. The van der Waals surface area contributed by atoms with Gasteiger partial charge in [0.05, 0.1) is 6.61 Å². The molecule has 3 heteroatoms. The van der Waals surface area contributed by atoms with Gasteiger partial charge in [0.2, 0.25) is 0 Å². The molecular weight excluding hydrogens is 352 g/mol. The van der Waals surface area contributed by atoms with Crippen LogP contribution in [0.15, 0.2) is 71.5 Å². The van der Waals surface area contributed by atoms with Crippen molar-refractivity contribution in [1.29, 1.82) is 0 Å². The first-order valence-corrected chi connectivity index (χ1v) is 10.0. The molecule has 0 aliphatic rings. The topological polar surface area (TPSA) is 26.3 Å². The van der Waals surface area contributed by atoms with E-state index in [-0.39, 0.29) is 5.43 Å². The van der Waals surface area contributed by atoms with E-state index >= 15 is 0 Å². The van der Waals surface area contributed by atoms with Crippen molar-refractivity contribution in [2.75, 3.05) is 6.61 Å². The second kappa shape index (κ2) is 8.83. The number of fused-ring (bicyclic) bond motifs is 2. The molecule has 0 bridgehead atoms. The molecule has 27 heavy (non-hydrogen) atoms. The van der Waals surface area contributed by atoms with Gasteiger partial charge >= 0.3 is 0 Å². The summed E-state index contributed by atoms with van der Waals surface area (Å²) in [4.78, 5) is 12.4. The fraction of sp³-hybridized carbons (Fsp3) is 0.208. The number of benzene rings is 3. The second-order valence-corrected chi connectivity index (χ2v) is 7.68. The molecule has 0 fully saturated rings. The van der Waals surface area contributed by atoms with E-state index in [1.807, 2.05) is 42.5 Å². The molecule has 0 amide bonds. The minimum atomic E-state index is 0.103. The summed E-state index contributed by atoms with van der Waals surface area (Å²) in [6.07, 6.45) is 0.978. The van der Waals surface area contributed by atoms with Crippen LogP contribution in [0.2, 0.25) is 0 Å². The highest BCUT2D eigenvalue weighted by Gasteiger charge is 2.06. The van der Waals surface area contributed by atoms with Gasteiger partial charge in [-0.25, -0.2) is 0 Å². The molecule has 3 aromatic carbocycles. The Morgan fingerprint density at radius 3 is 2.19 bits per heavy atom. The van der Waals surface area contributed by atoms with E-state index in [9.17, 15) is 4.79 Å². The lowest BCUT2D eigenvalue weighted by atomic mass is 10.2. The van der Waals surface area contributed by atoms with Crippen molar-refractivity contribution in [2.45, 2.75) is 27.2 Å². The molecule has 1 aromatic heterocycles. The maximum Gasteiger partial charge on any atom is 0.195 e. The van der Waals surface area contributed by atoms with Gasteiger partial charge in [-0.1, -0.05) is 54.4 Å². The fourth-order valence-corrected chi connectivity index (χ4v) is 4.00. The average molecular weight is 377 g/mol. The van der Waals surface area contributed by atoms with E-state index < -0.39 is 0 Å². The van der Waals surface area contributed by atoms with Gasteiger partial charge in [0.15, 0.2) is 5.43 Å². The Labute approximate surface area is 164 Å². The predicted octanol–water partition coefficient (Wildman–Crippen LogP) is 6.51. The van der Waals surface area contributed by atoms with E-state index in [1.165, 1.54) is 11.1 Å². The normalized spacial score (nSPS) is 10.5. The highest BCUT2D eigenvalue weighted by molar-refractivity contribution is 7.24. The van der Waals surface area contributed by atoms with Gasteiger partial charge in [-0.3, -0.25) is 4.79 Å². The summed E-state index contributed by atoms with van der Waals surface area (Å²) in [6, 6.07) is 21.9. The molecule has 4 aromatic rings. The highest BCUT2D eigenvalue weighted by atomic mass is 32.1. The molecule has 0 radical (unpaired) electrons. The van der Waals surface area contributed by atoms with Crippen LogP contribution >= 0.6 is 11.3 Å². The summed E-state index contributed by atoms with van der Waals surface area (Å²) in [5, 5.41) is 1.56. The number of hydrogen-bond donors (Lipinski definition) is 0. The molecule has 0 N–H and O–H groups in total. The Morgan fingerprint density at radius 1 is 0.815 bits per heavy atom. The summed E-state index contributed by atoms with van der Waals surface area (Å²) in [5.74, 6) is 0.834. The molecule has 4 rings (SSSR count). The fourth-order valence-electron chi connectivity index (χ4n) is 2.90. The Morgan fingerprint density at radius 2 is 1.52 bits per heavy atom. The Kier molecular flexibility index (Phi) is 6.25. The summed E-state index contributed by atoms with van der Waals surface area (Å²) in [6.45, 7) is 6.99. The monoisotopic (exact) mass is 376 g/mol. The third kappa shape index (κ3) is 4.75. The summed E-state index contributed by atoms with van der Waals surface area (Å²) in [5.41, 5.74) is 2.78. The highest BCUT2D eigenvalue weighted by Crippen LogP contribution is 2.27. The Balaban J connectivity index is 0.000000221. The van der Waals surface area contributed by atoms with Crippen molar-refractivity contribution in [3.63, 3.8) is 0 Å². The molecule has 0 atom stereocenters. The molecule has 1 heterocycles. The van der Waals surface area contributed by atoms with Crippen LogP contribution in [0.25, 0.3) is 20.2 Å². The van der Waals surface area contributed by atoms with Crippen molar-refractivity contribution in [3.05, 3.63) is 88.1 Å². The molecular formula is C24H24O2S. The summed E-state index contributed by atoms with van der Waals surface area (Å²) >= 11 is 1.63. The van der Waals surface area contributed by atoms with Crippen LogP contribution in [-0.4, -0.2) is 6.61 Å². The molecule has 0 aliphatic carbocycles. The minimum absolute atomic E-state index is 0.103. The lowest BCUT2D eigenvalue weighted by Crippen LogP contribution is -2.01. The van der Waals surface area contributed by atoms with Crippen LogP contribution in [0.1, 0.15) is 24.5 Å². The van der Waals surface area contributed by atoms with E-state index in [0.29, 0.717) is 6.61 Å². The van der Waals surface area contributed by atoms with Crippen molar-refractivity contribution in [1.82, 2.24) is 0 Å². The van der Waals surface area contributed by atoms with Crippen LogP contribution in [-0.2, 0) is 0 Å². The van der Waals surface area contributed by atoms with Crippen molar-refractivity contribution in [2.24, 2.45) is 0 Å². The molecule has 0 saturated heterocycles. The Bertz CT molecular complexity index is 1090. The zero-order valence-electron chi connectivity index (χ0n) is 16.0. The first-order chi connectivity index (χ1) is 13.1. The molecule has 2 nitrogen and oxygen atoms in total. The van der Waals surface area contributed by atoms with Gasteiger partial charge < -0.3 is 4.74 Å². The third-order valence-corrected chi connectivity index (χ3v) is 5.33. The number of hydrogen-bond acceptors (Lipinski definition) is 3. The van der Waals surface area contributed by atoms with Crippen LogP contribution in [0.4, 0.5) is 0 Å². The van der Waals surface area contributed by atoms with Crippen molar-refractivity contribution >= 4 is 31.5 Å². The molecule has 0 aliphatic heterocycles. The van der Waals surface area contributed by atoms with Gasteiger partial charge in [0.1, 0.15) is 5.75 Å². The maximum absolute atomic E-state index is 12.4. The van der Waals surface area contributed by atoms with E-state index in [0.717, 1.165) is 32.3 Å². The number of rotatable bonds is 3. The quantitative estimate of drug-likeness (QED) is 0.381. The minimum Gasteiger partial charge on any atom is -0.494 e. The molecule has 0 spiro atoms. The third-order valence-electron chi connectivity index (χ3n) is 4.20. The SMILES string of the molecule is CCCOc1ccc2c(=O)c3ccccc3sc2c1.Cc1cccc(C)c1. The van der Waals surface area contributed by atoms with Gasteiger partial charge in [0, 0.05) is 20.2 Å². The lowest BCUT2D eigenvalue weighted by molar-refractivity contribution is 0.318. The number of ether oxygens (including phenoxy) is 1. The van der Waals surface area contributed by atoms with Crippen molar-refractivity contribution in [3.8, 4) is 5.75 Å². The predicted molar refractivity (Wildman–Crippen MR) is 117 cm³/mol. The Hall–Kier alpha value is -2.65. The molecule has 0 saturated carbocycles. The van der Waals surface area contributed by atoms with Crippen LogP contribution in [0.3, 0.4) is 0 Å². The second-order valence-electron chi connectivity index (χ2n) is 6.59. The zero-order valence-corrected chi connectivity index (χ0v) is 16.8. The van der Waals surface area contributed by atoms with Gasteiger partial charge in [-0.05, 0) is 50.6 Å². The van der Waals surface area contributed by atoms with Crippen LogP contribution in [0.5, 0.6) is 5.75 Å².